The van der Waals surface area contributed by atoms with Gasteiger partial charge in [0.15, 0.2) is 0 Å². The van der Waals surface area contributed by atoms with E-state index >= 15 is 0 Å². The molecule has 1 heterocycles. The summed E-state index contributed by atoms with van der Waals surface area (Å²) in [6.07, 6.45) is 0.964. The van der Waals surface area contributed by atoms with Gasteiger partial charge in [-0.05, 0) is 19.1 Å². The first-order valence-corrected chi connectivity index (χ1v) is 7.64. The van der Waals surface area contributed by atoms with Gasteiger partial charge >= 0.3 is 0 Å². The van der Waals surface area contributed by atoms with Crippen molar-refractivity contribution in [2.24, 2.45) is 5.10 Å². The number of imide groups is 1. The second kappa shape index (κ2) is 5.04. The summed E-state index contributed by atoms with van der Waals surface area (Å²) in [6.45, 7) is 1.47. The Labute approximate surface area is 116 Å². The number of carbonyl (C=O) groups is 2. The molecule has 0 radical (unpaired) electrons. The summed E-state index contributed by atoms with van der Waals surface area (Å²) in [5, 5.41) is 3.62. The molecule has 2 amide bonds. The van der Waals surface area contributed by atoms with Crippen LogP contribution in [-0.4, -0.2) is 43.6 Å². The zero-order chi connectivity index (χ0) is 14.9. The van der Waals surface area contributed by atoms with E-state index in [9.17, 15) is 18.0 Å². The maximum Gasteiger partial charge on any atom is 0.261 e. The summed E-state index contributed by atoms with van der Waals surface area (Å²) < 4.78 is 21.8. The zero-order valence-corrected chi connectivity index (χ0v) is 11.8. The summed E-state index contributed by atoms with van der Waals surface area (Å²) in [5.41, 5.74) is 1.01. The predicted molar refractivity (Wildman–Crippen MR) is 72.9 cm³/mol. The van der Waals surface area contributed by atoms with Gasteiger partial charge in [-0.15, -0.1) is 0 Å². The highest BCUT2D eigenvalue weighted by atomic mass is 32.2. The van der Waals surface area contributed by atoms with Gasteiger partial charge < -0.3 is 0 Å². The number of sulfonamides is 1. The van der Waals surface area contributed by atoms with E-state index in [4.69, 9.17) is 0 Å². The van der Waals surface area contributed by atoms with Gasteiger partial charge in [0.2, 0.25) is 10.0 Å². The molecule has 0 saturated carbocycles. The molecule has 7 nitrogen and oxygen atoms in total. The Balaban J connectivity index is 2.17. The van der Waals surface area contributed by atoms with Crippen LogP contribution >= 0.6 is 0 Å². The number of hydrazone groups is 1. The molecule has 0 spiro atoms. The second-order valence-electron chi connectivity index (χ2n) is 4.45. The van der Waals surface area contributed by atoms with Crippen molar-refractivity contribution in [1.82, 2.24) is 9.73 Å². The number of rotatable bonds is 4. The first-order valence-electron chi connectivity index (χ1n) is 5.75. The van der Waals surface area contributed by atoms with Crippen LogP contribution in [0.3, 0.4) is 0 Å². The highest BCUT2D eigenvalue weighted by Gasteiger charge is 2.35. The van der Waals surface area contributed by atoms with Crippen LogP contribution in [0.4, 0.5) is 0 Å². The number of hydrogen-bond donors (Lipinski definition) is 1. The van der Waals surface area contributed by atoms with Gasteiger partial charge in [0.05, 0.1) is 29.6 Å². The van der Waals surface area contributed by atoms with E-state index in [0.717, 1.165) is 11.2 Å². The van der Waals surface area contributed by atoms with Crippen LogP contribution in [0.15, 0.2) is 29.4 Å². The summed E-state index contributed by atoms with van der Waals surface area (Å²) in [6, 6.07) is 6.52. The minimum Gasteiger partial charge on any atom is -0.269 e. The van der Waals surface area contributed by atoms with Crippen LogP contribution in [-0.2, 0) is 10.0 Å². The predicted octanol–water partition coefficient (Wildman–Crippen LogP) is 0.208. The fourth-order valence-corrected chi connectivity index (χ4v) is 2.13. The van der Waals surface area contributed by atoms with E-state index in [-0.39, 0.29) is 6.54 Å². The Morgan fingerprint density at radius 3 is 2.15 bits per heavy atom. The van der Waals surface area contributed by atoms with Crippen molar-refractivity contribution < 1.29 is 18.0 Å². The van der Waals surface area contributed by atoms with Crippen LogP contribution in [0.5, 0.6) is 0 Å². The summed E-state index contributed by atoms with van der Waals surface area (Å²) in [7, 11) is -3.46. The number of nitrogens with one attached hydrogen (secondary N) is 1. The number of carbonyl (C=O) groups excluding carboxylic acids is 2. The SMILES string of the molecule is C/C(CN1C(=O)c2ccccc2C1=O)=N/NS(C)(=O)=O. The maximum atomic E-state index is 12.1. The third-order valence-electron chi connectivity index (χ3n) is 2.67. The smallest absolute Gasteiger partial charge is 0.261 e. The third kappa shape index (κ3) is 2.85. The lowest BCUT2D eigenvalue weighted by molar-refractivity contribution is 0.0677. The summed E-state index contributed by atoms with van der Waals surface area (Å²) in [5.74, 6) is -0.806. The average molecular weight is 295 g/mol. The van der Waals surface area contributed by atoms with Crippen LogP contribution in [0.1, 0.15) is 27.6 Å². The van der Waals surface area contributed by atoms with Gasteiger partial charge in [0.25, 0.3) is 11.8 Å². The van der Waals surface area contributed by atoms with Gasteiger partial charge in [-0.1, -0.05) is 12.1 Å². The molecule has 0 aliphatic carbocycles. The molecule has 0 fully saturated rings. The molecule has 1 N–H and O–H groups in total. The Morgan fingerprint density at radius 1 is 1.20 bits per heavy atom. The van der Waals surface area contributed by atoms with E-state index in [1.54, 1.807) is 24.3 Å². The Kier molecular flexibility index (Phi) is 3.58. The van der Waals surface area contributed by atoms with Crippen molar-refractivity contribution in [2.75, 3.05) is 12.8 Å². The highest BCUT2D eigenvalue weighted by Crippen LogP contribution is 2.21. The third-order valence-corrected chi connectivity index (χ3v) is 3.09. The van der Waals surface area contributed by atoms with Crippen molar-refractivity contribution in [2.45, 2.75) is 6.92 Å². The van der Waals surface area contributed by atoms with Gasteiger partial charge in [-0.2, -0.15) is 5.10 Å². The first-order chi connectivity index (χ1) is 9.29. The van der Waals surface area contributed by atoms with Gasteiger partial charge in [0.1, 0.15) is 0 Å². The topological polar surface area (TPSA) is 95.9 Å². The van der Waals surface area contributed by atoms with Gasteiger partial charge in [-0.3, -0.25) is 14.5 Å². The first kappa shape index (κ1) is 14.2. The monoisotopic (exact) mass is 295 g/mol. The minimum atomic E-state index is -3.46. The lowest BCUT2D eigenvalue weighted by Gasteiger charge is -2.13. The molecule has 1 aromatic rings. The Morgan fingerprint density at radius 2 is 1.70 bits per heavy atom. The Hall–Kier alpha value is -2.22. The molecular weight excluding hydrogens is 282 g/mol. The van der Waals surface area contributed by atoms with Crippen molar-refractivity contribution in [3.8, 4) is 0 Å². The number of fused-ring (bicyclic) bond motifs is 1. The minimum absolute atomic E-state index is 0.0606. The lowest BCUT2D eigenvalue weighted by atomic mass is 10.1. The lowest BCUT2D eigenvalue weighted by Crippen LogP contribution is -2.35. The quantitative estimate of drug-likeness (QED) is 0.488. The fraction of sp³-hybridized carbons (Fsp3) is 0.250. The molecule has 0 saturated heterocycles. The summed E-state index contributed by atoms with van der Waals surface area (Å²) in [4.78, 5) is 27.1. The van der Waals surface area contributed by atoms with Crippen molar-refractivity contribution in [1.29, 1.82) is 0 Å². The highest BCUT2D eigenvalue weighted by molar-refractivity contribution is 7.88. The van der Waals surface area contributed by atoms with Gasteiger partial charge in [0, 0.05) is 0 Å². The molecule has 1 aliphatic rings. The summed E-state index contributed by atoms with van der Waals surface area (Å²) >= 11 is 0. The molecule has 2 rings (SSSR count). The van der Waals surface area contributed by atoms with Gasteiger partial charge in [-0.25, -0.2) is 13.2 Å². The standard InChI is InChI=1S/C12H13N3O4S/c1-8(13-14-20(2,18)19)7-15-11(16)9-5-3-4-6-10(9)12(15)17/h3-6,14H,7H2,1-2H3/b13-8-. The molecule has 0 unspecified atom stereocenters. The van der Waals surface area contributed by atoms with Crippen molar-refractivity contribution in [3.05, 3.63) is 35.4 Å². The zero-order valence-electron chi connectivity index (χ0n) is 11.0. The average Bonchev–Trinajstić information content (AvgIpc) is 2.62. The van der Waals surface area contributed by atoms with E-state index < -0.39 is 21.8 Å². The van der Waals surface area contributed by atoms with Crippen LogP contribution in [0.2, 0.25) is 0 Å². The second-order valence-corrected chi connectivity index (χ2v) is 6.18. The largest absolute Gasteiger partial charge is 0.269 e. The molecule has 1 aromatic carbocycles. The van der Waals surface area contributed by atoms with Crippen LogP contribution < -0.4 is 4.83 Å². The van der Waals surface area contributed by atoms with Crippen molar-refractivity contribution >= 4 is 27.5 Å². The Bertz CT molecular complexity index is 674. The number of nitrogens with zero attached hydrogens (tertiary/aromatic N) is 2. The molecule has 8 heteroatoms. The maximum absolute atomic E-state index is 12.1. The molecule has 0 bridgehead atoms. The fourth-order valence-electron chi connectivity index (χ4n) is 1.81. The van der Waals surface area contributed by atoms with E-state index in [2.05, 4.69) is 5.10 Å². The molecule has 1 aliphatic heterocycles. The molecule has 106 valence electrons. The van der Waals surface area contributed by atoms with Crippen molar-refractivity contribution in [3.63, 3.8) is 0 Å². The van der Waals surface area contributed by atoms with E-state index in [0.29, 0.717) is 16.8 Å². The molecule has 0 aromatic heterocycles. The molecular formula is C12H13N3O4S. The number of amides is 2. The van der Waals surface area contributed by atoms with E-state index in [1.807, 2.05) is 4.83 Å². The number of benzene rings is 1. The van der Waals surface area contributed by atoms with E-state index in [1.165, 1.54) is 6.92 Å². The normalized spacial score (nSPS) is 15.5. The van der Waals surface area contributed by atoms with Crippen LogP contribution in [0, 0.1) is 0 Å². The molecule has 20 heavy (non-hydrogen) atoms. The molecule has 0 atom stereocenters. The number of hydrogen-bond acceptors (Lipinski definition) is 5. The van der Waals surface area contributed by atoms with Crippen LogP contribution in [0.25, 0.3) is 0 Å².